The van der Waals surface area contributed by atoms with Crippen LogP contribution >= 0.6 is 15.9 Å². The molecule has 0 fully saturated rings. The first-order chi connectivity index (χ1) is 9.09. The lowest BCUT2D eigenvalue weighted by Crippen LogP contribution is -2.33. The maximum absolute atomic E-state index is 12.9. The molecule has 0 aliphatic carbocycles. The van der Waals surface area contributed by atoms with Crippen LogP contribution in [0.3, 0.4) is 0 Å². The van der Waals surface area contributed by atoms with Crippen molar-refractivity contribution < 1.29 is 4.79 Å². The number of rotatable bonds is 4. The predicted molar refractivity (Wildman–Crippen MR) is 83.6 cm³/mol. The van der Waals surface area contributed by atoms with Gasteiger partial charge in [-0.15, -0.1) is 0 Å². The number of halogens is 1. The molecular formula is C16H20BrNO. The SMILES string of the molecule is CCC(CC)(CC)C(=O)n1cc(Br)c2ccccc21. The number of nitrogens with zero attached hydrogens (tertiary/aromatic N) is 1. The highest BCUT2D eigenvalue weighted by atomic mass is 79.9. The Morgan fingerprint density at radius 1 is 1.16 bits per heavy atom. The van der Waals surface area contributed by atoms with Crippen molar-refractivity contribution in [2.45, 2.75) is 40.0 Å². The lowest BCUT2D eigenvalue weighted by Gasteiger charge is -2.29. The van der Waals surface area contributed by atoms with Crippen molar-refractivity contribution in [2.75, 3.05) is 0 Å². The fourth-order valence-corrected chi connectivity index (χ4v) is 3.31. The van der Waals surface area contributed by atoms with Gasteiger partial charge < -0.3 is 0 Å². The zero-order valence-electron chi connectivity index (χ0n) is 11.7. The minimum Gasteiger partial charge on any atom is -0.286 e. The lowest BCUT2D eigenvalue weighted by atomic mass is 9.79. The Bertz CT molecular complexity index is 588. The van der Waals surface area contributed by atoms with E-state index >= 15 is 0 Å². The Hall–Kier alpha value is -1.09. The third-order valence-electron chi connectivity index (χ3n) is 4.37. The zero-order valence-corrected chi connectivity index (χ0v) is 13.3. The summed E-state index contributed by atoms with van der Waals surface area (Å²) in [6.45, 7) is 6.31. The largest absolute Gasteiger partial charge is 0.286 e. The zero-order chi connectivity index (χ0) is 14.0. The quantitative estimate of drug-likeness (QED) is 0.752. The molecule has 0 N–H and O–H groups in total. The standard InChI is InChI=1S/C16H20BrNO/c1-4-16(5-2,6-3)15(19)18-11-13(17)12-9-7-8-10-14(12)18/h7-11H,4-6H2,1-3H3. The van der Waals surface area contributed by atoms with Crippen LogP contribution in [0.25, 0.3) is 10.9 Å². The fraction of sp³-hybridized carbons (Fsp3) is 0.438. The second kappa shape index (κ2) is 5.49. The van der Waals surface area contributed by atoms with Gasteiger partial charge in [0.2, 0.25) is 5.91 Å². The minimum absolute atomic E-state index is 0.210. The average Bonchev–Trinajstić information content (AvgIpc) is 2.79. The molecule has 2 rings (SSSR count). The number of aromatic nitrogens is 1. The number of hydrogen-bond donors (Lipinski definition) is 0. The Morgan fingerprint density at radius 3 is 2.32 bits per heavy atom. The van der Waals surface area contributed by atoms with Crippen LogP contribution in [-0.2, 0) is 0 Å². The Labute approximate surface area is 122 Å². The van der Waals surface area contributed by atoms with E-state index in [9.17, 15) is 4.79 Å². The highest BCUT2D eigenvalue weighted by Gasteiger charge is 2.34. The molecule has 1 aromatic carbocycles. The van der Waals surface area contributed by atoms with Gasteiger partial charge in [0.05, 0.1) is 5.52 Å². The number of para-hydroxylation sites is 1. The summed E-state index contributed by atoms with van der Waals surface area (Å²) in [4.78, 5) is 12.9. The molecule has 0 aliphatic rings. The molecule has 1 heterocycles. The van der Waals surface area contributed by atoms with Gasteiger partial charge in [0.25, 0.3) is 0 Å². The van der Waals surface area contributed by atoms with Gasteiger partial charge in [-0.1, -0.05) is 39.0 Å². The van der Waals surface area contributed by atoms with Crippen LogP contribution in [0, 0.1) is 5.41 Å². The summed E-state index contributed by atoms with van der Waals surface area (Å²) in [5.41, 5.74) is 0.736. The molecule has 102 valence electrons. The summed E-state index contributed by atoms with van der Waals surface area (Å²) in [6.07, 6.45) is 4.54. The Balaban J connectivity index is 2.59. The first-order valence-corrected chi connectivity index (χ1v) is 7.69. The van der Waals surface area contributed by atoms with Gasteiger partial charge in [0.15, 0.2) is 0 Å². The molecule has 2 aromatic rings. The van der Waals surface area contributed by atoms with Crippen molar-refractivity contribution in [3.8, 4) is 0 Å². The first kappa shape index (κ1) is 14.3. The van der Waals surface area contributed by atoms with Crippen molar-refractivity contribution in [3.63, 3.8) is 0 Å². The van der Waals surface area contributed by atoms with Crippen LogP contribution in [0.1, 0.15) is 44.8 Å². The van der Waals surface area contributed by atoms with Gasteiger partial charge in [-0.2, -0.15) is 0 Å². The number of hydrogen-bond acceptors (Lipinski definition) is 1. The molecular weight excluding hydrogens is 302 g/mol. The molecule has 0 unspecified atom stereocenters. The van der Waals surface area contributed by atoms with Gasteiger partial charge in [-0.25, -0.2) is 0 Å². The molecule has 0 amide bonds. The topological polar surface area (TPSA) is 22.0 Å². The molecule has 3 heteroatoms. The summed E-state index contributed by atoms with van der Waals surface area (Å²) < 4.78 is 2.80. The second-order valence-corrected chi connectivity index (χ2v) is 5.86. The van der Waals surface area contributed by atoms with Gasteiger partial charge in [-0.05, 0) is 41.3 Å². The number of carbonyl (C=O) groups excluding carboxylic acids is 1. The highest BCUT2D eigenvalue weighted by molar-refractivity contribution is 9.10. The molecule has 0 aliphatic heterocycles. The van der Waals surface area contributed by atoms with E-state index in [1.807, 2.05) is 35.0 Å². The van der Waals surface area contributed by atoms with E-state index in [0.717, 1.165) is 34.6 Å². The van der Waals surface area contributed by atoms with Crippen molar-refractivity contribution in [3.05, 3.63) is 34.9 Å². The maximum atomic E-state index is 12.9. The minimum atomic E-state index is -0.249. The number of benzene rings is 1. The van der Waals surface area contributed by atoms with Gasteiger partial charge in [-0.3, -0.25) is 9.36 Å². The van der Waals surface area contributed by atoms with Crippen LogP contribution in [0.5, 0.6) is 0 Å². The molecule has 0 saturated carbocycles. The van der Waals surface area contributed by atoms with Crippen LogP contribution in [0.2, 0.25) is 0 Å². The second-order valence-electron chi connectivity index (χ2n) is 5.01. The van der Waals surface area contributed by atoms with E-state index < -0.39 is 0 Å². The average molecular weight is 322 g/mol. The molecule has 0 bridgehead atoms. The normalized spacial score (nSPS) is 12.0. The van der Waals surface area contributed by atoms with Gasteiger partial charge >= 0.3 is 0 Å². The van der Waals surface area contributed by atoms with Crippen molar-refractivity contribution in [1.82, 2.24) is 4.57 Å². The lowest BCUT2D eigenvalue weighted by molar-refractivity contribution is 0.0675. The van der Waals surface area contributed by atoms with E-state index in [4.69, 9.17) is 0 Å². The van der Waals surface area contributed by atoms with Crippen molar-refractivity contribution in [1.29, 1.82) is 0 Å². The molecule has 2 nitrogen and oxygen atoms in total. The van der Waals surface area contributed by atoms with E-state index in [2.05, 4.69) is 36.7 Å². The third kappa shape index (κ3) is 2.25. The smallest absolute Gasteiger partial charge is 0.237 e. The van der Waals surface area contributed by atoms with E-state index in [-0.39, 0.29) is 11.3 Å². The first-order valence-electron chi connectivity index (χ1n) is 6.90. The van der Waals surface area contributed by atoms with E-state index in [0.29, 0.717) is 0 Å². The summed E-state index contributed by atoms with van der Waals surface area (Å²) in [5, 5.41) is 1.09. The van der Waals surface area contributed by atoms with Gasteiger partial charge in [0.1, 0.15) is 0 Å². The Kier molecular flexibility index (Phi) is 4.14. The third-order valence-corrected chi connectivity index (χ3v) is 5.00. The summed E-state index contributed by atoms with van der Waals surface area (Å²) in [7, 11) is 0. The van der Waals surface area contributed by atoms with Crippen LogP contribution in [-0.4, -0.2) is 10.5 Å². The van der Waals surface area contributed by atoms with Crippen LogP contribution < -0.4 is 0 Å². The maximum Gasteiger partial charge on any atom is 0.237 e. The fourth-order valence-electron chi connectivity index (χ4n) is 2.77. The van der Waals surface area contributed by atoms with Crippen LogP contribution in [0.15, 0.2) is 34.9 Å². The van der Waals surface area contributed by atoms with E-state index in [1.165, 1.54) is 0 Å². The molecule has 0 atom stereocenters. The molecule has 0 saturated heterocycles. The molecule has 19 heavy (non-hydrogen) atoms. The van der Waals surface area contributed by atoms with E-state index in [1.54, 1.807) is 0 Å². The predicted octanol–water partition coefficient (Wildman–Crippen LogP) is 5.26. The summed E-state index contributed by atoms with van der Waals surface area (Å²) in [6, 6.07) is 8.01. The molecule has 1 aromatic heterocycles. The summed E-state index contributed by atoms with van der Waals surface area (Å²) >= 11 is 3.55. The number of carbonyl (C=O) groups is 1. The molecule has 0 spiro atoms. The van der Waals surface area contributed by atoms with Crippen molar-refractivity contribution >= 4 is 32.7 Å². The molecule has 0 radical (unpaired) electrons. The Morgan fingerprint density at radius 2 is 1.74 bits per heavy atom. The van der Waals surface area contributed by atoms with Gasteiger partial charge in [0, 0.05) is 21.5 Å². The monoisotopic (exact) mass is 321 g/mol. The van der Waals surface area contributed by atoms with Crippen LogP contribution in [0.4, 0.5) is 0 Å². The summed E-state index contributed by atoms with van der Waals surface area (Å²) in [5.74, 6) is 0.210. The van der Waals surface area contributed by atoms with Crippen molar-refractivity contribution in [2.24, 2.45) is 5.41 Å². The number of fused-ring (bicyclic) bond motifs is 1. The highest BCUT2D eigenvalue weighted by Crippen LogP contribution is 2.35.